The highest BCUT2D eigenvalue weighted by Gasteiger charge is 2.63. The third kappa shape index (κ3) is 4.08. The predicted molar refractivity (Wildman–Crippen MR) is 132 cm³/mol. The number of alkyl halides is 1. The standard InChI is InChI=1S/C26H31F2N3O6/c1-24(2,3)37-23(35)29-25(4)11-30(12-26(25)6-7-26)19-16(28)8-13-18(21(19)36-5)31(17-9-15(17)27)10-14(20(13)32)22(33)34/h8,10,15,17H,6-7,9,11-12H2,1-5H3,(H,29,35)(H,33,34)/t15?,17-,25?/m1/s1. The predicted octanol–water partition coefficient (Wildman–Crippen LogP) is 4.01. The fraction of sp³-hybridized carbons (Fsp3) is 0.577. The van der Waals surface area contributed by atoms with Crippen LogP contribution in [0.5, 0.6) is 5.75 Å². The zero-order valence-corrected chi connectivity index (χ0v) is 21.5. The van der Waals surface area contributed by atoms with Gasteiger partial charge in [-0.15, -0.1) is 0 Å². The van der Waals surface area contributed by atoms with Gasteiger partial charge in [-0.3, -0.25) is 4.79 Å². The number of ether oxygens (including phenoxy) is 2. The molecule has 1 amide bonds. The summed E-state index contributed by atoms with van der Waals surface area (Å²) in [6.45, 7) is 7.89. The fourth-order valence-electron chi connectivity index (χ4n) is 5.65. The summed E-state index contributed by atoms with van der Waals surface area (Å²) < 4.78 is 42.4. The summed E-state index contributed by atoms with van der Waals surface area (Å²) in [5.41, 5.74) is -2.90. The summed E-state index contributed by atoms with van der Waals surface area (Å²) >= 11 is 0. The first-order valence-corrected chi connectivity index (χ1v) is 12.3. The summed E-state index contributed by atoms with van der Waals surface area (Å²) in [7, 11) is 1.33. The Hall–Kier alpha value is -3.37. The van der Waals surface area contributed by atoms with Crippen LogP contribution >= 0.6 is 0 Å². The molecule has 1 aromatic heterocycles. The molecule has 11 heteroatoms. The number of pyridine rings is 1. The molecule has 3 aliphatic rings. The van der Waals surface area contributed by atoms with Crippen LogP contribution in [0.1, 0.15) is 63.4 Å². The first-order valence-electron chi connectivity index (χ1n) is 12.3. The van der Waals surface area contributed by atoms with Crippen LogP contribution in [0.3, 0.4) is 0 Å². The second-order valence-electron chi connectivity index (χ2n) is 11.6. The molecule has 37 heavy (non-hydrogen) atoms. The molecular formula is C26H31F2N3O6. The van der Waals surface area contributed by atoms with Gasteiger partial charge in [0, 0.05) is 31.1 Å². The van der Waals surface area contributed by atoms with Gasteiger partial charge in [0.25, 0.3) is 0 Å². The molecule has 2 unspecified atom stereocenters. The SMILES string of the molecule is COc1c(N2CC3(CC3)C(C)(NC(=O)OC(C)(C)C)C2)c(F)cc2c(=O)c(C(=O)O)cn([C@@H]3CC3F)c12. The number of alkyl carbamates (subject to hydrolysis) is 1. The fourth-order valence-corrected chi connectivity index (χ4v) is 5.65. The number of halogens is 2. The third-order valence-electron chi connectivity index (χ3n) is 7.79. The van der Waals surface area contributed by atoms with Gasteiger partial charge in [-0.25, -0.2) is 18.4 Å². The Kier molecular flexibility index (Phi) is 5.51. The molecule has 1 spiro atoms. The zero-order valence-electron chi connectivity index (χ0n) is 21.5. The maximum Gasteiger partial charge on any atom is 0.408 e. The molecule has 200 valence electrons. The lowest BCUT2D eigenvalue weighted by Crippen LogP contribution is -2.54. The van der Waals surface area contributed by atoms with Crippen LogP contribution in [0.4, 0.5) is 19.3 Å². The Morgan fingerprint density at radius 1 is 1.24 bits per heavy atom. The Morgan fingerprint density at radius 3 is 2.41 bits per heavy atom. The van der Waals surface area contributed by atoms with Gasteiger partial charge >= 0.3 is 12.1 Å². The average molecular weight is 520 g/mol. The number of carboxylic acids is 1. The van der Waals surface area contributed by atoms with Crippen LogP contribution in [0.15, 0.2) is 17.1 Å². The molecule has 2 aliphatic carbocycles. The number of hydrogen-bond donors (Lipinski definition) is 2. The number of nitrogens with one attached hydrogen (secondary N) is 1. The summed E-state index contributed by atoms with van der Waals surface area (Å²) in [4.78, 5) is 39.1. The van der Waals surface area contributed by atoms with Gasteiger partial charge in [0.2, 0.25) is 5.43 Å². The smallest absolute Gasteiger partial charge is 0.408 e. The van der Waals surface area contributed by atoms with E-state index in [1.807, 2.05) is 6.92 Å². The maximum absolute atomic E-state index is 15.8. The summed E-state index contributed by atoms with van der Waals surface area (Å²) in [5.74, 6) is -2.21. The van der Waals surface area contributed by atoms with Crippen molar-refractivity contribution in [3.63, 3.8) is 0 Å². The highest BCUT2D eigenvalue weighted by atomic mass is 19.1. The van der Waals surface area contributed by atoms with E-state index in [-0.39, 0.29) is 40.7 Å². The Balaban J connectivity index is 1.62. The number of fused-ring (bicyclic) bond motifs is 1. The number of carboxylic acid groups (broad SMARTS) is 1. The second kappa shape index (κ2) is 8.06. The monoisotopic (exact) mass is 519 g/mol. The third-order valence-corrected chi connectivity index (χ3v) is 7.79. The first-order chi connectivity index (χ1) is 17.2. The molecule has 1 aromatic carbocycles. The lowest BCUT2D eigenvalue weighted by atomic mass is 9.86. The number of carbonyl (C=O) groups is 2. The van der Waals surface area contributed by atoms with E-state index in [0.717, 1.165) is 25.1 Å². The van der Waals surface area contributed by atoms with Crippen LogP contribution < -0.4 is 20.4 Å². The summed E-state index contributed by atoms with van der Waals surface area (Å²) in [6.07, 6.45) is 1.14. The molecule has 2 aromatic rings. The van der Waals surface area contributed by atoms with E-state index in [0.29, 0.717) is 6.54 Å². The van der Waals surface area contributed by atoms with Crippen molar-refractivity contribution in [2.45, 2.75) is 70.3 Å². The van der Waals surface area contributed by atoms with Crippen LogP contribution in [-0.4, -0.2) is 59.2 Å². The topological polar surface area (TPSA) is 110 Å². The number of aromatic carboxylic acids is 1. The van der Waals surface area contributed by atoms with Crippen molar-refractivity contribution >= 4 is 28.7 Å². The van der Waals surface area contributed by atoms with Gasteiger partial charge in [0.05, 0.1) is 29.6 Å². The van der Waals surface area contributed by atoms with E-state index in [4.69, 9.17) is 9.47 Å². The van der Waals surface area contributed by atoms with Crippen LogP contribution in [0, 0.1) is 11.2 Å². The minimum Gasteiger partial charge on any atom is -0.492 e. The van der Waals surface area contributed by atoms with Crippen LogP contribution in [0.2, 0.25) is 0 Å². The van der Waals surface area contributed by atoms with E-state index >= 15 is 4.39 Å². The van der Waals surface area contributed by atoms with Crippen molar-refractivity contribution in [1.29, 1.82) is 0 Å². The number of carbonyl (C=O) groups excluding carboxylic acids is 1. The number of nitrogens with zero attached hydrogens (tertiary/aromatic N) is 2. The minimum absolute atomic E-state index is 0.0282. The molecule has 0 bridgehead atoms. The average Bonchev–Trinajstić information content (AvgIpc) is 3.67. The molecule has 1 aliphatic heterocycles. The largest absolute Gasteiger partial charge is 0.492 e. The van der Waals surface area contributed by atoms with E-state index in [1.54, 1.807) is 25.7 Å². The first kappa shape index (κ1) is 25.3. The Bertz CT molecular complexity index is 1380. The Morgan fingerprint density at radius 2 is 1.89 bits per heavy atom. The van der Waals surface area contributed by atoms with Gasteiger partial charge in [-0.1, -0.05) is 0 Å². The number of methoxy groups -OCH3 is 1. The molecule has 2 N–H and O–H groups in total. The summed E-state index contributed by atoms with van der Waals surface area (Å²) in [6, 6.07) is 0.325. The van der Waals surface area contributed by atoms with Crippen molar-refractivity contribution in [3.8, 4) is 5.75 Å². The van der Waals surface area contributed by atoms with E-state index in [2.05, 4.69) is 5.32 Å². The highest BCUT2D eigenvalue weighted by Crippen LogP contribution is 2.60. The van der Waals surface area contributed by atoms with Crippen LogP contribution in [-0.2, 0) is 4.74 Å². The van der Waals surface area contributed by atoms with Crippen molar-refractivity contribution in [2.24, 2.45) is 5.41 Å². The molecule has 0 radical (unpaired) electrons. The van der Waals surface area contributed by atoms with E-state index in [1.165, 1.54) is 11.7 Å². The molecule has 3 atom stereocenters. The van der Waals surface area contributed by atoms with E-state index < -0.39 is 52.2 Å². The van der Waals surface area contributed by atoms with Gasteiger partial charge in [-0.05, 0) is 46.6 Å². The van der Waals surface area contributed by atoms with Gasteiger partial charge in [-0.2, -0.15) is 0 Å². The van der Waals surface area contributed by atoms with Gasteiger partial charge in [0.15, 0.2) is 11.6 Å². The van der Waals surface area contributed by atoms with Crippen molar-refractivity contribution in [2.75, 3.05) is 25.1 Å². The molecular weight excluding hydrogens is 488 g/mol. The van der Waals surface area contributed by atoms with Crippen molar-refractivity contribution < 1.29 is 33.0 Å². The van der Waals surface area contributed by atoms with Crippen molar-refractivity contribution in [3.05, 3.63) is 33.9 Å². The molecule has 9 nitrogen and oxygen atoms in total. The number of benzene rings is 1. The van der Waals surface area contributed by atoms with E-state index in [9.17, 15) is 23.9 Å². The van der Waals surface area contributed by atoms with Crippen LogP contribution in [0.25, 0.3) is 10.9 Å². The quantitative estimate of drug-likeness (QED) is 0.614. The minimum atomic E-state index is -1.47. The normalized spacial score (nSPS) is 25.9. The molecule has 1 saturated heterocycles. The number of anilines is 1. The van der Waals surface area contributed by atoms with Gasteiger partial charge in [0.1, 0.15) is 23.0 Å². The van der Waals surface area contributed by atoms with Crippen molar-refractivity contribution in [1.82, 2.24) is 9.88 Å². The Labute approximate surface area is 212 Å². The summed E-state index contributed by atoms with van der Waals surface area (Å²) in [5, 5.41) is 12.3. The molecule has 2 saturated carbocycles. The maximum atomic E-state index is 15.8. The lowest BCUT2D eigenvalue weighted by Gasteiger charge is -2.33. The number of aromatic nitrogens is 1. The number of hydrogen-bond acceptors (Lipinski definition) is 6. The lowest BCUT2D eigenvalue weighted by molar-refractivity contribution is 0.0439. The highest BCUT2D eigenvalue weighted by molar-refractivity contribution is 5.97. The molecule has 5 rings (SSSR count). The number of amides is 1. The molecule has 3 fully saturated rings. The second-order valence-corrected chi connectivity index (χ2v) is 11.6. The van der Waals surface area contributed by atoms with Gasteiger partial charge < -0.3 is 29.4 Å². The zero-order chi connectivity index (χ0) is 27.1. The number of rotatable bonds is 5. The molecule has 2 heterocycles.